The minimum absolute atomic E-state index is 0.466. The van der Waals surface area contributed by atoms with Crippen LogP contribution in [0.4, 0.5) is 0 Å². The lowest BCUT2D eigenvalue weighted by atomic mass is 9.50. The molecule has 28 heavy (non-hydrogen) atoms. The summed E-state index contributed by atoms with van der Waals surface area (Å²) in [4.78, 5) is 0. The third kappa shape index (κ3) is 3.73. The highest BCUT2D eigenvalue weighted by Crippen LogP contribution is 2.65. The van der Waals surface area contributed by atoms with Crippen LogP contribution in [0.5, 0.6) is 0 Å². The maximum atomic E-state index is 10.5. The first-order chi connectivity index (χ1) is 13.0. The van der Waals surface area contributed by atoms with Crippen molar-refractivity contribution < 1.29 is 10.2 Å². The van der Waals surface area contributed by atoms with E-state index in [4.69, 9.17) is 0 Å². The monoisotopic (exact) mass is 388 g/mol. The van der Waals surface area contributed by atoms with E-state index in [-0.39, 0.29) is 0 Å². The summed E-state index contributed by atoms with van der Waals surface area (Å²) < 4.78 is 0. The Morgan fingerprint density at radius 2 is 1.86 bits per heavy atom. The Bertz CT molecular complexity index is 612. The molecule has 2 nitrogen and oxygen atoms in total. The highest BCUT2D eigenvalue weighted by molar-refractivity contribution is 5.21. The molecular formula is C26H44O2. The molecule has 0 aliphatic heterocycles. The quantitative estimate of drug-likeness (QED) is 0.570. The van der Waals surface area contributed by atoms with Gasteiger partial charge in [0.2, 0.25) is 0 Å². The van der Waals surface area contributed by atoms with Gasteiger partial charge >= 0.3 is 0 Å². The molecule has 0 radical (unpaired) electrons. The summed E-state index contributed by atoms with van der Waals surface area (Å²) in [6.45, 7) is 11.0. The van der Waals surface area contributed by atoms with Gasteiger partial charge in [-0.1, -0.05) is 25.5 Å². The second-order valence-corrected chi connectivity index (χ2v) is 12.3. The molecule has 8 atom stereocenters. The summed E-state index contributed by atoms with van der Waals surface area (Å²) in [5.74, 6) is 4.95. The fourth-order valence-electron chi connectivity index (χ4n) is 8.22. The van der Waals surface area contributed by atoms with E-state index in [1.807, 2.05) is 20.8 Å². The van der Waals surface area contributed by atoms with Crippen molar-refractivity contribution in [3.8, 4) is 0 Å². The Morgan fingerprint density at radius 1 is 1.11 bits per heavy atom. The van der Waals surface area contributed by atoms with Gasteiger partial charge in [-0.25, -0.2) is 0 Å². The maximum absolute atomic E-state index is 10.5. The molecule has 4 aliphatic carbocycles. The second-order valence-electron chi connectivity index (χ2n) is 12.3. The normalized spacial score (nSPS) is 47.0. The molecule has 3 saturated carbocycles. The van der Waals surface area contributed by atoms with Crippen molar-refractivity contribution in [2.45, 2.75) is 110 Å². The summed E-state index contributed by atoms with van der Waals surface area (Å²) in [5, 5.41) is 20.7. The van der Waals surface area contributed by atoms with Gasteiger partial charge in [0.05, 0.1) is 11.2 Å². The summed E-state index contributed by atoms with van der Waals surface area (Å²) in [6.07, 6.45) is 14.6. The average Bonchev–Trinajstić information content (AvgIpc) is 2.95. The summed E-state index contributed by atoms with van der Waals surface area (Å²) in [7, 11) is 0. The van der Waals surface area contributed by atoms with Gasteiger partial charge in [0.1, 0.15) is 0 Å². The lowest BCUT2D eigenvalue weighted by Gasteiger charge is -2.55. The maximum Gasteiger partial charge on any atom is 0.0657 e. The van der Waals surface area contributed by atoms with Crippen molar-refractivity contribution in [1.29, 1.82) is 0 Å². The van der Waals surface area contributed by atoms with Crippen LogP contribution in [0.3, 0.4) is 0 Å². The highest BCUT2D eigenvalue weighted by atomic mass is 16.3. The second kappa shape index (κ2) is 7.12. The molecule has 0 spiro atoms. The van der Waals surface area contributed by atoms with Crippen LogP contribution in [-0.2, 0) is 0 Å². The van der Waals surface area contributed by atoms with Crippen molar-refractivity contribution in [3.63, 3.8) is 0 Å². The summed E-state index contributed by atoms with van der Waals surface area (Å²) in [5.41, 5.74) is 1.10. The molecule has 160 valence electrons. The van der Waals surface area contributed by atoms with E-state index in [1.165, 1.54) is 38.5 Å². The van der Waals surface area contributed by atoms with Crippen LogP contribution in [-0.4, -0.2) is 21.4 Å². The van der Waals surface area contributed by atoms with Crippen molar-refractivity contribution in [2.75, 3.05) is 0 Å². The zero-order valence-corrected chi connectivity index (χ0v) is 19.0. The largest absolute Gasteiger partial charge is 0.390 e. The summed E-state index contributed by atoms with van der Waals surface area (Å²) >= 11 is 0. The van der Waals surface area contributed by atoms with E-state index >= 15 is 0 Å². The molecule has 3 fully saturated rings. The Morgan fingerprint density at radius 3 is 2.57 bits per heavy atom. The van der Waals surface area contributed by atoms with Gasteiger partial charge in [0, 0.05) is 0 Å². The molecule has 0 amide bonds. The van der Waals surface area contributed by atoms with Crippen LogP contribution in [0.25, 0.3) is 0 Å². The lowest BCUT2D eigenvalue weighted by molar-refractivity contribution is -0.0422. The van der Waals surface area contributed by atoms with E-state index in [9.17, 15) is 10.2 Å². The molecular weight excluding hydrogens is 344 g/mol. The van der Waals surface area contributed by atoms with Crippen LogP contribution in [0.1, 0.15) is 98.8 Å². The van der Waals surface area contributed by atoms with Crippen LogP contribution in [0.2, 0.25) is 0 Å². The zero-order chi connectivity index (χ0) is 20.3. The van der Waals surface area contributed by atoms with Crippen LogP contribution in [0.15, 0.2) is 11.6 Å². The topological polar surface area (TPSA) is 40.5 Å². The van der Waals surface area contributed by atoms with Gasteiger partial charge in [0.15, 0.2) is 0 Å². The first-order valence-electron chi connectivity index (χ1n) is 12.1. The third-order valence-corrected chi connectivity index (χ3v) is 9.69. The van der Waals surface area contributed by atoms with E-state index in [0.717, 1.165) is 61.2 Å². The van der Waals surface area contributed by atoms with Crippen molar-refractivity contribution in [2.24, 2.45) is 40.9 Å². The average molecular weight is 389 g/mol. The van der Waals surface area contributed by atoms with Gasteiger partial charge < -0.3 is 10.2 Å². The molecule has 2 heteroatoms. The fraction of sp³-hybridized carbons (Fsp3) is 0.923. The van der Waals surface area contributed by atoms with Crippen LogP contribution in [0, 0.1) is 40.9 Å². The third-order valence-electron chi connectivity index (χ3n) is 9.69. The predicted molar refractivity (Wildman–Crippen MR) is 116 cm³/mol. The Hall–Kier alpha value is -0.340. The molecule has 0 aromatic carbocycles. The first kappa shape index (κ1) is 20.9. The molecule has 4 rings (SSSR count). The van der Waals surface area contributed by atoms with Crippen molar-refractivity contribution in [1.82, 2.24) is 0 Å². The van der Waals surface area contributed by atoms with E-state index in [2.05, 4.69) is 19.9 Å². The number of fused-ring (bicyclic) bond motifs is 5. The number of hydrogen-bond donors (Lipinski definition) is 2. The fourth-order valence-corrected chi connectivity index (χ4v) is 8.22. The summed E-state index contributed by atoms with van der Waals surface area (Å²) in [6, 6.07) is 0. The molecule has 0 heterocycles. The van der Waals surface area contributed by atoms with Gasteiger partial charge in [-0.2, -0.15) is 0 Å². The number of aliphatic hydroxyl groups is 2. The Balaban J connectivity index is 1.48. The lowest BCUT2D eigenvalue weighted by Crippen LogP contribution is -2.48. The molecule has 0 saturated heterocycles. The standard InChI is InChI=1S/C26H44O2/c1-17(10-13-24(2,3)27)22-8-9-23-21-7-6-18-16-25(4,28)14-11-19(18)20(21)12-15-26(22,23)5/h6,17,19-23,27-28H,7-16H2,1-5H3/t17-,19+,20?,21?,22?,23?,25+,26-/m1/s1. The smallest absolute Gasteiger partial charge is 0.0657 e. The van der Waals surface area contributed by atoms with Crippen LogP contribution < -0.4 is 0 Å². The van der Waals surface area contributed by atoms with Crippen molar-refractivity contribution >= 4 is 0 Å². The Kier molecular flexibility index (Phi) is 5.32. The van der Waals surface area contributed by atoms with Gasteiger partial charge in [-0.05, 0) is 126 Å². The van der Waals surface area contributed by atoms with Crippen molar-refractivity contribution in [3.05, 3.63) is 11.6 Å². The minimum atomic E-state index is -0.530. The molecule has 4 aliphatic rings. The molecule has 0 aromatic rings. The molecule has 0 bridgehead atoms. The SMILES string of the molecule is C[C@H](CCC(C)(C)O)C1CCC2C3CC=C4C[C@@](C)(O)CC[C@@H]4C3CC[C@@]21C. The first-order valence-corrected chi connectivity index (χ1v) is 12.1. The zero-order valence-electron chi connectivity index (χ0n) is 19.0. The van der Waals surface area contributed by atoms with Gasteiger partial charge in [0.25, 0.3) is 0 Å². The predicted octanol–water partition coefficient (Wildman–Crippen LogP) is 6.11. The molecule has 2 N–H and O–H groups in total. The number of hydrogen-bond acceptors (Lipinski definition) is 2. The van der Waals surface area contributed by atoms with Gasteiger partial charge in [-0.3, -0.25) is 0 Å². The van der Waals surface area contributed by atoms with Crippen LogP contribution >= 0.6 is 0 Å². The van der Waals surface area contributed by atoms with E-state index in [0.29, 0.717) is 5.41 Å². The Labute approximate surface area is 173 Å². The minimum Gasteiger partial charge on any atom is -0.390 e. The number of allylic oxidation sites excluding steroid dienone is 1. The van der Waals surface area contributed by atoms with E-state index < -0.39 is 11.2 Å². The molecule has 4 unspecified atom stereocenters. The molecule has 0 aromatic heterocycles. The number of rotatable bonds is 4. The van der Waals surface area contributed by atoms with Gasteiger partial charge in [-0.15, -0.1) is 0 Å². The highest BCUT2D eigenvalue weighted by Gasteiger charge is 2.56. The van der Waals surface area contributed by atoms with E-state index in [1.54, 1.807) is 5.57 Å².